The molecule has 0 aliphatic rings. The van der Waals surface area contributed by atoms with E-state index in [0.717, 1.165) is 28.8 Å². The Balaban J connectivity index is 2.07. The molecular formula is C19H23NO2. The van der Waals surface area contributed by atoms with Gasteiger partial charge in [0.2, 0.25) is 0 Å². The van der Waals surface area contributed by atoms with E-state index in [2.05, 4.69) is 12.2 Å². The van der Waals surface area contributed by atoms with Gasteiger partial charge in [0.1, 0.15) is 5.75 Å². The number of rotatable bonds is 5. The van der Waals surface area contributed by atoms with Gasteiger partial charge in [-0.25, -0.2) is 0 Å². The van der Waals surface area contributed by atoms with Crippen molar-refractivity contribution in [3.05, 3.63) is 59.2 Å². The number of anilines is 1. The molecule has 3 nitrogen and oxygen atoms in total. The predicted octanol–water partition coefficient (Wildman–Crippen LogP) is 4.27. The van der Waals surface area contributed by atoms with Crippen molar-refractivity contribution in [3.8, 4) is 5.75 Å². The highest BCUT2D eigenvalue weighted by molar-refractivity contribution is 5.95. The Morgan fingerprint density at radius 2 is 1.82 bits per heavy atom. The molecule has 2 rings (SSSR count). The quantitative estimate of drug-likeness (QED) is 0.895. The summed E-state index contributed by atoms with van der Waals surface area (Å²) in [4.78, 5) is 12.4. The Hall–Kier alpha value is -2.29. The minimum Gasteiger partial charge on any atom is -0.481 e. The molecule has 0 bridgehead atoms. The summed E-state index contributed by atoms with van der Waals surface area (Å²) in [7, 11) is 0. The Labute approximate surface area is 132 Å². The van der Waals surface area contributed by atoms with Crippen molar-refractivity contribution in [2.75, 3.05) is 5.32 Å². The summed E-state index contributed by atoms with van der Waals surface area (Å²) < 4.78 is 5.70. The summed E-state index contributed by atoms with van der Waals surface area (Å²) in [5.41, 5.74) is 4.26. The fraction of sp³-hybridized carbons (Fsp3) is 0.316. The molecule has 0 aliphatic heterocycles. The lowest BCUT2D eigenvalue weighted by Crippen LogP contribution is -2.30. The van der Waals surface area contributed by atoms with Gasteiger partial charge in [0.25, 0.3) is 5.91 Å². The van der Waals surface area contributed by atoms with Crippen LogP contribution in [0.15, 0.2) is 42.5 Å². The van der Waals surface area contributed by atoms with Crippen LogP contribution in [0.3, 0.4) is 0 Å². The lowest BCUT2D eigenvalue weighted by Gasteiger charge is -2.17. The van der Waals surface area contributed by atoms with Gasteiger partial charge < -0.3 is 10.1 Å². The van der Waals surface area contributed by atoms with Crippen molar-refractivity contribution in [1.29, 1.82) is 0 Å². The van der Waals surface area contributed by atoms with E-state index in [1.165, 1.54) is 0 Å². The zero-order valence-electron chi connectivity index (χ0n) is 13.6. The minimum atomic E-state index is -0.549. The van der Waals surface area contributed by atoms with Crippen molar-refractivity contribution in [1.82, 2.24) is 0 Å². The van der Waals surface area contributed by atoms with Gasteiger partial charge >= 0.3 is 0 Å². The monoisotopic (exact) mass is 297 g/mol. The largest absolute Gasteiger partial charge is 0.481 e. The second-order valence-corrected chi connectivity index (χ2v) is 5.52. The van der Waals surface area contributed by atoms with E-state index in [-0.39, 0.29) is 5.91 Å². The number of hydrogen-bond acceptors (Lipinski definition) is 2. The lowest BCUT2D eigenvalue weighted by atomic mass is 10.1. The van der Waals surface area contributed by atoms with E-state index in [4.69, 9.17) is 4.74 Å². The molecule has 0 aliphatic carbocycles. The highest BCUT2D eigenvalue weighted by atomic mass is 16.5. The van der Waals surface area contributed by atoms with Gasteiger partial charge in [0, 0.05) is 5.69 Å². The van der Waals surface area contributed by atoms with Crippen LogP contribution in [0.4, 0.5) is 5.69 Å². The number of benzene rings is 2. The molecule has 0 aromatic heterocycles. The number of carbonyl (C=O) groups excluding carboxylic acids is 1. The van der Waals surface area contributed by atoms with Crippen molar-refractivity contribution in [3.63, 3.8) is 0 Å². The first kappa shape index (κ1) is 16.1. The second kappa shape index (κ2) is 7.12. The van der Waals surface area contributed by atoms with Crippen LogP contribution in [-0.2, 0) is 11.2 Å². The Morgan fingerprint density at radius 1 is 1.14 bits per heavy atom. The standard InChI is InChI=1S/C19H23NO2/c1-5-16-8-6-7-14(3)18(16)20-19(21)15(4)22-17-11-9-13(2)10-12-17/h6-12,15H,5H2,1-4H3,(H,20,21). The third-order valence-corrected chi connectivity index (χ3v) is 3.69. The van der Waals surface area contributed by atoms with Crippen molar-refractivity contribution < 1.29 is 9.53 Å². The molecule has 0 saturated heterocycles. The zero-order valence-corrected chi connectivity index (χ0v) is 13.6. The number of nitrogens with one attached hydrogen (secondary N) is 1. The number of amides is 1. The molecule has 0 radical (unpaired) electrons. The second-order valence-electron chi connectivity index (χ2n) is 5.52. The van der Waals surface area contributed by atoms with Crippen LogP contribution in [0.1, 0.15) is 30.5 Å². The van der Waals surface area contributed by atoms with Gasteiger partial charge in [-0.3, -0.25) is 4.79 Å². The van der Waals surface area contributed by atoms with Crippen LogP contribution in [0, 0.1) is 13.8 Å². The molecule has 0 heterocycles. The number of para-hydroxylation sites is 1. The first-order chi connectivity index (χ1) is 10.5. The molecule has 2 aromatic rings. The molecule has 2 aromatic carbocycles. The molecule has 1 atom stereocenters. The highest BCUT2D eigenvalue weighted by Crippen LogP contribution is 2.22. The first-order valence-electron chi connectivity index (χ1n) is 7.64. The molecule has 0 fully saturated rings. The van der Waals surface area contributed by atoms with Crippen LogP contribution in [0.25, 0.3) is 0 Å². The van der Waals surface area contributed by atoms with Crippen molar-refractivity contribution in [2.24, 2.45) is 0 Å². The Bertz CT molecular complexity index is 647. The summed E-state index contributed by atoms with van der Waals surface area (Å²) >= 11 is 0. The van der Waals surface area contributed by atoms with Gasteiger partial charge in [0.05, 0.1) is 0 Å². The average molecular weight is 297 g/mol. The van der Waals surface area contributed by atoms with Gasteiger partial charge in [-0.2, -0.15) is 0 Å². The number of ether oxygens (including phenoxy) is 1. The fourth-order valence-corrected chi connectivity index (χ4v) is 2.30. The van der Waals surface area contributed by atoms with Gasteiger partial charge in [-0.05, 0) is 50.5 Å². The normalized spacial score (nSPS) is 11.8. The molecular weight excluding hydrogens is 274 g/mol. The maximum Gasteiger partial charge on any atom is 0.265 e. The predicted molar refractivity (Wildman–Crippen MR) is 90.5 cm³/mol. The van der Waals surface area contributed by atoms with E-state index < -0.39 is 6.10 Å². The highest BCUT2D eigenvalue weighted by Gasteiger charge is 2.17. The van der Waals surface area contributed by atoms with E-state index in [0.29, 0.717) is 5.75 Å². The van der Waals surface area contributed by atoms with Crippen LogP contribution in [0.5, 0.6) is 5.75 Å². The van der Waals surface area contributed by atoms with Crippen LogP contribution in [-0.4, -0.2) is 12.0 Å². The smallest absolute Gasteiger partial charge is 0.265 e. The van der Waals surface area contributed by atoms with Crippen LogP contribution >= 0.6 is 0 Å². The summed E-state index contributed by atoms with van der Waals surface area (Å²) in [6.45, 7) is 7.86. The first-order valence-corrected chi connectivity index (χ1v) is 7.64. The van der Waals surface area contributed by atoms with Crippen LogP contribution in [0.2, 0.25) is 0 Å². The lowest BCUT2D eigenvalue weighted by molar-refractivity contribution is -0.122. The molecule has 116 valence electrons. The molecule has 1 N–H and O–H groups in total. The molecule has 1 amide bonds. The maximum atomic E-state index is 12.4. The summed E-state index contributed by atoms with van der Waals surface area (Å²) in [6.07, 6.45) is 0.330. The Kier molecular flexibility index (Phi) is 5.21. The third-order valence-electron chi connectivity index (χ3n) is 3.69. The maximum absolute atomic E-state index is 12.4. The Morgan fingerprint density at radius 3 is 2.45 bits per heavy atom. The number of hydrogen-bond donors (Lipinski definition) is 1. The van der Waals surface area contributed by atoms with E-state index in [9.17, 15) is 4.79 Å². The summed E-state index contributed by atoms with van der Waals surface area (Å²) in [6, 6.07) is 13.7. The topological polar surface area (TPSA) is 38.3 Å². The van der Waals surface area contributed by atoms with Crippen LogP contribution < -0.4 is 10.1 Å². The van der Waals surface area contributed by atoms with Gasteiger partial charge in [-0.15, -0.1) is 0 Å². The van der Waals surface area contributed by atoms with E-state index >= 15 is 0 Å². The zero-order chi connectivity index (χ0) is 16.1. The van der Waals surface area contributed by atoms with E-state index in [1.54, 1.807) is 6.92 Å². The van der Waals surface area contributed by atoms with Gasteiger partial charge in [0.15, 0.2) is 6.10 Å². The molecule has 0 spiro atoms. The van der Waals surface area contributed by atoms with Gasteiger partial charge in [-0.1, -0.05) is 42.8 Å². The third kappa shape index (κ3) is 3.88. The molecule has 22 heavy (non-hydrogen) atoms. The molecule has 0 saturated carbocycles. The number of aryl methyl sites for hydroxylation is 3. The molecule has 1 unspecified atom stereocenters. The number of carbonyl (C=O) groups is 1. The molecule has 3 heteroatoms. The van der Waals surface area contributed by atoms with Crippen molar-refractivity contribution in [2.45, 2.75) is 40.2 Å². The van der Waals surface area contributed by atoms with Crippen molar-refractivity contribution >= 4 is 11.6 Å². The average Bonchev–Trinajstić information content (AvgIpc) is 2.51. The summed E-state index contributed by atoms with van der Waals surface area (Å²) in [5.74, 6) is 0.568. The minimum absolute atomic E-state index is 0.135. The fourth-order valence-electron chi connectivity index (χ4n) is 2.30. The summed E-state index contributed by atoms with van der Waals surface area (Å²) in [5, 5.41) is 3.00. The van der Waals surface area contributed by atoms with E-state index in [1.807, 2.05) is 56.3 Å². The SMILES string of the molecule is CCc1cccc(C)c1NC(=O)C(C)Oc1ccc(C)cc1.